The number of aromatic nitrogens is 1. The second kappa shape index (κ2) is 9.05. The number of amides is 1. The molecule has 2 rings (SSSR count). The molecule has 0 fully saturated rings. The van der Waals surface area contributed by atoms with E-state index >= 15 is 0 Å². The SMILES string of the molecule is CCO/N=C(/CNC(=O)c1ccccc1C(F)(F)F)c1ncc(Cl)cc1Cl. The number of rotatable bonds is 6. The summed E-state index contributed by atoms with van der Waals surface area (Å²) in [5, 5.41) is 6.66. The van der Waals surface area contributed by atoms with Gasteiger partial charge >= 0.3 is 6.18 Å². The highest BCUT2D eigenvalue weighted by molar-refractivity contribution is 6.36. The summed E-state index contributed by atoms with van der Waals surface area (Å²) in [6.07, 6.45) is -3.33. The van der Waals surface area contributed by atoms with Gasteiger partial charge in [-0.05, 0) is 25.1 Å². The van der Waals surface area contributed by atoms with Gasteiger partial charge in [0.2, 0.25) is 0 Å². The van der Waals surface area contributed by atoms with Gasteiger partial charge in [0.1, 0.15) is 18.0 Å². The summed E-state index contributed by atoms with van der Waals surface area (Å²) >= 11 is 11.9. The fourth-order valence-corrected chi connectivity index (χ4v) is 2.61. The van der Waals surface area contributed by atoms with Crippen LogP contribution in [0.3, 0.4) is 0 Å². The van der Waals surface area contributed by atoms with E-state index in [1.54, 1.807) is 6.92 Å². The minimum absolute atomic E-state index is 0.136. The van der Waals surface area contributed by atoms with Gasteiger partial charge in [-0.15, -0.1) is 0 Å². The zero-order valence-electron chi connectivity index (χ0n) is 14.0. The molecule has 1 aromatic heterocycles. The summed E-state index contributed by atoms with van der Waals surface area (Å²) in [5.74, 6) is -0.919. The van der Waals surface area contributed by atoms with Crippen LogP contribution < -0.4 is 5.32 Å². The Morgan fingerprint density at radius 2 is 2.00 bits per heavy atom. The van der Waals surface area contributed by atoms with E-state index in [0.717, 1.165) is 12.1 Å². The molecule has 0 atom stereocenters. The molecular weight excluding hydrogens is 406 g/mol. The van der Waals surface area contributed by atoms with E-state index in [1.807, 2.05) is 0 Å². The standard InChI is InChI=1S/C17H14Cl2F3N3O2/c1-2-27-25-14(15-13(19)7-10(18)8-23-15)9-24-16(26)11-5-3-4-6-12(11)17(20,21)22/h3-8H,2,9H2,1H3,(H,24,26)/b25-14-. The maximum atomic E-state index is 13.1. The maximum absolute atomic E-state index is 13.1. The van der Waals surface area contributed by atoms with Gasteiger partial charge in [-0.25, -0.2) is 0 Å². The number of pyridine rings is 1. The van der Waals surface area contributed by atoms with Gasteiger partial charge in [0.15, 0.2) is 0 Å². The normalized spacial score (nSPS) is 12.0. The van der Waals surface area contributed by atoms with Gasteiger partial charge in [0.25, 0.3) is 5.91 Å². The molecule has 2 aromatic rings. The van der Waals surface area contributed by atoms with Crippen LogP contribution in [0.2, 0.25) is 10.0 Å². The lowest BCUT2D eigenvalue weighted by Gasteiger charge is -2.13. The molecule has 1 heterocycles. The lowest BCUT2D eigenvalue weighted by molar-refractivity contribution is -0.137. The zero-order chi connectivity index (χ0) is 20.0. The van der Waals surface area contributed by atoms with Crippen LogP contribution in [0.1, 0.15) is 28.5 Å². The largest absolute Gasteiger partial charge is 0.417 e. The Bertz CT molecular complexity index is 858. The first kappa shape index (κ1) is 21.0. The van der Waals surface area contributed by atoms with Gasteiger partial charge in [-0.2, -0.15) is 13.2 Å². The first-order valence-corrected chi connectivity index (χ1v) is 8.44. The predicted octanol–water partition coefficient (Wildman–Crippen LogP) is 4.58. The Morgan fingerprint density at radius 1 is 1.30 bits per heavy atom. The first-order valence-electron chi connectivity index (χ1n) is 7.68. The number of alkyl halides is 3. The van der Waals surface area contributed by atoms with Crippen LogP contribution in [0, 0.1) is 0 Å². The van der Waals surface area contributed by atoms with Crippen LogP contribution in [0.25, 0.3) is 0 Å². The van der Waals surface area contributed by atoms with Crippen molar-refractivity contribution in [2.75, 3.05) is 13.2 Å². The second-order valence-electron chi connectivity index (χ2n) is 5.17. The molecular formula is C17H14Cl2F3N3O2. The Balaban J connectivity index is 2.25. The number of halogens is 5. The van der Waals surface area contributed by atoms with Crippen molar-refractivity contribution < 1.29 is 22.8 Å². The smallest absolute Gasteiger partial charge is 0.396 e. The Morgan fingerprint density at radius 3 is 2.63 bits per heavy atom. The van der Waals surface area contributed by atoms with E-state index in [4.69, 9.17) is 28.0 Å². The Hall–Kier alpha value is -2.32. The highest BCUT2D eigenvalue weighted by Crippen LogP contribution is 2.31. The number of oxime groups is 1. The van der Waals surface area contributed by atoms with Crippen molar-refractivity contribution in [1.82, 2.24) is 10.3 Å². The van der Waals surface area contributed by atoms with Crippen molar-refractivity contribution in [2.45, 2.75) is 13.1 Å². The van der Waals surface area contributed by atoms with Crippen molar-refractivity contribution in [2.24, 2.45) is 5.16 Å². The van der Waals surface area contributed by atoms with E-state index in [-0.39, 0.29) is 29.6 Å². The minimum atomic E-state index is -4.66. The molecule has 0 spiro atoms. The quantitative estimate of drug-likeness (QED) is 0.550. The predicted molar refractivity (Wildman–Crippen MR) is 96.2 cm³/mol. The fraction of sp³-hybridized carbons (Fsp3) is 0.235. The fourth-order valence-electron chi connectivity index (χ4n) is 2.12. The maximum Gasteiger partial charge on any atom is 0.417 e. The summed E-state index contributed by atoms with van der Waals surface area (Å²) in [6, 6.07) is 5.90. The molecule has 1 N–H and O–H groups in total. The number of hydrogen-bond acceptors (Lipinski definition) is 4. The third-order valence-electron chi connectivity index (χ3n) is 3.28. The van der Waals surface area contributed by atoms with Crippen molar-refractivity contribution in [3.63, 3.8) is 0 Å². The third kappa shape index (κ3) is 5.58. The summed E-state index contributed by atoms with van der Waals surface area (Å²) < 4.78 is 39.2. The molecule has 0 saturated heterocycles. The van der Waals surface area contributed by atoms with Crippen LogP contribution >= 0.6 is 23.2 Å². The summed E-state index contributed by atoms with van der Waals surface area (Å²) in [7, 11) is 0. The van der Waals surface area contributed by atoms with Gasteiger partial charge in [0, 0.05) is 6.20 Å². The highest BCUT2D eigenvalue weighted by Gasteiger charge is 2.34. The number of benzene rings is 1. The number of hydrogen-bond donors (Lipinski definition) is 1. The Kier molecular flexibility index (Phi) is 7.04. The first-order chi connectivity index (χ1) is 12.7. The monoisotopic (exact) mass is 419 g/mol. The van der Waals surface area contributed by atoms with Crippen LogP contribution in [0.15, 0.2) is 41.7 Å². The molecule has 10 heteroatoms. The molecule has 144 valence electrons. The lowest BCUT2D eigenvalue weighted by Crippen LogP contribution is -2.32. The molecule has 5 nitrogen and oxygen atoms in total. The van der Waals surface area contributed by atoms with E-state index in [9.17, 15) is 18.0 Å². The summed E-state index contributed by atoms with van der Waals surface area (Å²) in [4.78, 5) is 21.3. The summed E-state index contributed by atoms with van der Waals surface area (Å²) in [5.41, 5.74) is -1.21. The molecule has 0 aliphatic rings. The zero-order valence-corrected chi connectivity index (χ0v) is 15.5. The van der Waals surface area contributed by atoms with Crippen LogP contribution in [0.5, 0.6) is 0 Å². The topological polar surface area (TPSA) is 63.6 Å². The second-order valence-corrected chi connectivity index (χ2v) is 6.01. The lowest BCUT2D eigenvalue weighted by atomic mass is 10.1. The van der Waals surface area contributed by atoms with Crippen molar-refractivity contribution in [3.05, 3.63) is 63.4 Å². The van der Waals surface area contributed by atoms with E-state index < -0.39 is 23.2 Å². The number of nitrogens with one attached hydrogen (secondary N) is 1. The highest BCUT2D eigenvalue weighted by atomic mass is 35.5. The van der Waals surface area contributed by atoms with Crippen LogP contribution in [-0.4, -0.2) is 29.8 Å². The Labute approximate surface area is 163 Å². The molecule has 0 aliphatic heterocycles. The van der Waals surface area contributed by atoms with Crippen molar-refractivity contribution in [1.29, 1.82) is 0 Å². The van der Waals surface area contributed by atoms with Gasteiger partial charge in [-0.1, -0.05) is 40.5 Å². The van der Waals surface area contributed by atoms with Gasteiger partial charge in [-0.3, -0.25) is 9.78 Å². The molecule has 1 amide bonds. The van der Waals surface area contributed by atoms with E-state index in [0.29, 0.717) is 5.02 Å². The van der Waals surface area contributed by atoms with Crippen LogP contribution in [-0.2, 0) is 11.0 Å². The van der Waals surface area contributed by atoms with Crippen LogP contribution in [0.4, 0.5) is 13.2 Å². The van der Waals surface area contributed by atoms with Crippen molar-refractivity contribution >= 4 is 34.8 Å². The molecule has 0 aliphatic carbocycles. The average molecular weight is 420 g/mol. The molecule has 27 heavy (non-hydrogen) atoms. The third-order valence-corrected chi connectivity index (χ3v) is 3.77. The number of carbonyl (C=O) groups excluding carboxylic acids is 1. The van der Waals surface area contributed by atoms with Gasteiger partial charge in [0.05, 0.1) is 27.7 Å². The van der Waals surface area contributed by atoms with Crippen molar-refractivity contribution in [3.8, 4) is 0 Å². The minimum Gasteiger partial charge on any atom is -0.396 e. The molecule has 1 aromatic carbocycles. The van der Waals surface area contributed by atoms with Gasteiger partial charge < -0.3 is 10.2 Å². The summed E-state index contributed by atoms with van der Waals surface area (Å²) in [6.45, 7) is 1.68. The van der Waals surface area contributed by atoms with E-state index in [2.05, 4.69) is 15.5 Å². The average Bonchev–Trinajstić information content (AvgIpc) is 2.61. The molecule has 0 saturated carbocycles. The molecule has 0 unspecified atom stereocenters. The number of nitrogens with zero attached hydrogens (tertiary/aromatic N) is 2. The molecule has 0 bridgehead atoms. The molecule has 0 radical (unpaired) electrons. The van der Waals surface area contributed by atoms with E-state index in [1.165, 1.54) is 24.4 Å². The number of carbonyl (C=O) groups is 1.